The van der Waals surface area contributed by atoms with Gasteiger partial charge in [-0.3, -0.25) is 4.79 Å². The van der Waals surface area contributed by atoms with E-state index in [-0.39, 0.29) is 11.8 Å². The number of hydrogen-bond donors (Lipinski definition) is 1. The van der Waals surface area contributed by atoms with Gasteiger partial charge in [-0.2, -0.15) is 0 Å². The van der Waals surface area contributed by atoms with Crippen molar-refractivity contribution in [1.82, 2.24) is 9.29 Å². The Morgan fingerprint density at radius 1 is 1.30 bits per heavy atom. The first kappa shape index (κ1) is 21.4. The standard InChI is InChI=1S/C21H27N3O4S2/c1-14-19(29-21(22-14)23-20(25)15-5-3-4-6-15)16-7-8-17(27-2)18(13-16)30(26)24-9-11-28-12-10-24/h7-8,13,15H,3-6,9-12H2,1-2H3,(H,22,23,25). The number of carbonyl (C=O) groups excluding carboxylic acids is 1. The van der Waals surface area contributed by atoms with Crippen molar-refractivity contribution in [3.8, 4) is 16.2 Å². The number of nitrogens with one attached hydrogen (secondary N) is 1. The predicted octanol–water partition coefficient (Wildman–Crippen LogP) is 3.61. The Morgan fingerprint density at radius 2 is 2.03 bits per heavy atom. The van der Waals surface area contributed by atoms with Crippen LogP contribution in [0.3, 0.4) is 0 Å². The van der Waals surface area contributed by atoms with Crippen molar-refractivity contribution in [2.45, 2.75) is 37.5 Å². The van der Waals surface area contributed by atoms with Gasteiger partial charge >= 0.3 is 0 Å². The maximum Gasteiger partial charge on any atom is 0.229 e. The highest BCUT2D eigenvalue weighted by Gasteiger charge is 2.25. The number of hydrogen-bond acceptors (Lipinski definition) is 6. The molecule has 1 atom stereocenters. The zero-order valence-electron chi connectivity index (χ0n) is 17.3. The molecule has 30 heavy (non-hydrogen) atoms. The Kier molecular flexibility index (Phi) is 6.82. The lowest BCUT2D eigenvalue weighted by Gasteiger charge is -2.26. The van der Waals surface area contributed by atoms with Gasteiger partial charge in [0.2, 0.25) is 5.91 Å². The molecule has 1 saturated carbocycles. The zero-order valence-corrected chi connectivity index (χ0v) is 18.9. The number of anilines is 1. The van der Waals surface area contributed by atoms with E-state index in [2.05, 4.69) is 10.3 Å². The van der Waals surface area contributed by atoms with Crippen LogP contribution in [-0.4, -0.2) is 52.8 Å². The lowest BCUT2D eigenvalue weighted by Crippen LogP contribution is -2.37. The van der Waals surface area contributed by atoms with Crippen LogP contribution in [0.4, 0.5) is 5.13 Å². The highest BCUT2D eigenvalue weighted by atomic mass is 32.2. The van der Waals surface area contributed by atoms with Crippen molar-refractivity contribution in [1.29, 1.82) is 0 Å². The van der Waals surface area contributed by atoms with Crippen molar-refractivity contribution in [2.75, 3.05) is 38.7 Å². The van der Waals surface area contributed by atoms with Gasteiger partial charge in [-0.15, -0.1) is 0 Å². The number of aromatic nitrogens is 1. The average molecular weight is 450 g/mol. The van der Waals surface area contributed by atoms with Crippen LogP contribution in [0.15, 0.2) is 23.1 Å². The fraction of sp³-hybridized carbons (Fsp3) is 0.524. The maximum absolute atomic E-state index is 13.2. The second kappa shape index (κ2) is 9.55. The molecule has 2 aromatic rings. The summed E-state index contributed by atoms with van der Waals surface area (Å²) in [5.41, 5.74) is 1.76. The molecule has 1 amide bonds. The van der Waals surface area contributed by atoms with Gasteiger partial charge in [-0.25, -0.2) is 13.5 Å². The van der Waals surface area contributed by atoms with Crippen LogP contribution < -0.4 is 10.1 Å². The summed E-state index contributed by atoms with van der Waals surface area (Å²) in [4.78, 5) is 18.6. The minimum Gasteiger partial charge on any atom is -0.495 e. The Balaban J connectivity index is 1.58. The average Bonchev–Trinajstić information content (AvgIpc) is 3.43. The van der Waals surface area contributed by atoms with Gasteiger partial charge in [0, 0.05) is 19.0 Å². The van der Waals surface area contributed by atoms with Crippen LogP contribution in [0.25, 0.3) is 10.4 Å². The topological polar surface area (TPSA) is 80.8 Å². The van der Waals surface area contributed by atoms with Crippen molar-refractivity contribution < 1.29 is 18.5 Å². The Hall–Kier alpha value is -1.81. The zero-order chi connectivity index (χ0) is 21.1. The third kappa shape index (κ3) is 4.59. The van der Waals surface area contributed by atoms with E-state index >= 15 is 0 Å². The lowest BCUT2D eigenvalue weighted by molar-refractivity contribution is -0.119. The van der Waals surface area contributed by atoms with Crippen LogP contribution in [0.1, 0.15) is 31.4 Å². The van der Waals surface area contributed by atoms with Crippen molar-refractivity contribution in [3.63, 3.8) is 0 Å². The maximum atomic E-state index is 13.2. The summed E-state index contributed by atoms with van der Waals surface area (Å²) in [6, 6.07) is 5.70. The highest BCUT2D eigenvalue weighted by Crippen LogP contribution is 2.37. The third-order valence-corrected chi connectivity index (χ3v) is 8.22. The van der Waals surface area contributed by atoms with Crippen LogP contribution in [0.2, 0.25) is 0 Å². The van der Waals surface area contributed by atoms with E-state index in [1.54, 1.807) is 7.11 Å². The second-order valence-corrected chi connectivity index (χ2v) is 10.0. The molecular weight excluding hydrogens is 422 g/mol. The van der Waals surface area contributed by atoms with Crippen LogP contribution in [0, 0.1) is 12.8 Å². The van der Waals surface area contributed by atoms with E-state index in [0.29, 0.717) is 42.1 Å². The monoisotopic (exact) mass is 449 g/mol. The van der Waals surface area contributed by atoms with Gasteiger partial charge in [-0.05, 0) is 43.5 Å². The molecule has 1 aromatic heterocycles. The number of amides is 1. The minimum atomic E-state index is -1.33. The number of benzene rings is 1. The number of methoxy groups -OCH3 is 1. The van der Waals surface area contributed by atoms with Gasteiger partial charge in [0.25, 0.3) is 0 Å². The lowest BCUT2D eigenvalue weighted by atomic mass is 10.1. The van der Waals surface area contributed by atoms with Gasteiger partial charge in [0.15, 0.2) is 5.13 Å². The van der Waals surface area contributed by atoms with E-state index in [0.717, 1.165) is 41.8 Å². The molecule has 0 bridgehead atoms. The van der Waals surface area contributed by atoms with E-state index in [4.69, 9.17) is 9.47 Å². The molecule has 1 saturated heterocycles. The molecule has 2 heterocycles. The summed E-state index contributed by atoms with van der Waals surface area (Å²) < 4.78 is 25.9. The number of aryl methyl sites for hydroxylation is 1. The molecule has 162 valence electrons. The first-order valence-electron chi connectivity index (χ1n) is 10.3. The number of morpholine rings is 1. The molecule has 1 N–H and O–H groups in total. The molecule has 0 spiro atoms. The molecule has 1 unspecified atom stereocenters. The normalized spacial score (nSPS) is 19.0. The molecule has 1 aromatic carbocycles. The van der Waals surface area contributed by atoms with Crippen LogP contribution in [0.5, 0.6) is 5.75 Å². The first-order chi connectivity index (χ1) is 14.6. The summed E-state index contributed by atoms with van der Waals surface area (Å²) in [6.45, 7) is 4.32. The summed E-state index contributed by atoms with van der Waals surface area (Å²) in [7, 11) is 0.254. The quantitative estimate of drug-likeness (QED) is 0.729. The SMILES string of the molecule is COc1ccc(-c2sc(NC(=O)C3CCCC3)nc2C)cc1S(=O)N1CCOCC1. The van der Waals surface area contributed by atoms with Gasteiger partial charge in [0.05, 0.1) is 35.8 Å². The molecular formula is C21H27N3O4S2. The fourth-order valence-electron chi connectivity index (χ4n) is 3.92. The van der Waals surface area contributed by atoms with Crippen molar-refractivity contribution >= 4 is 33.4 Å². The van der Waals surface area contributed by atoms with Crippen LogP contribution in [-0.2, 0) is 20.5 Å². The Morgan fingerprint density at radius 3 is 2.73 bits per heavy atom. The summed E-state index contributed by atoms with van der Waals surface area (Å²) in [5.74, 6) is 0.762. The summed E-state index contributed by atoms with van der Waals surface area (Å²) in [6.07, 6.45) is 4.15. The number of nitrogens with zero attached hydrogens (tertiary/aromatic N) is 2. The molecule has 9 heteroatoms. The fourth-order valence-corrected chi connectivity index (χ4v) is 6.19. The molecule has 1 aliphatic carbocycles. The number of thiazole rings is 1. The van der Waals surface area contributed by atoms with E-state index in [1.807, 2.05) is 29.4 Å². The van der Waals surface area contributed by atoms with Gasteiger partial charge in [-0.1, -0.05) is 24.2 Å². The smallest absolute Gasteiger partial charge is 0.229 e. The number of ether oxygens (including phenoxy) is 2. The van der Waals surface area contributed by atoms with E-state index in [1.165, 1.54) is 11.3 Å². The molecule has 1 aliphatic heterocycles. The molecule has 7 nitrogen and oxygen atoms in total. The highest BCUT2D eigenvalue weighted by molar-refractivity contribution is 7.82. The first-order valence-corrected chi connectivity index (χ1v) is 12.2. The number of carbonyl (C=O) groups is 1. The van der Waals surface area contributed by atoms with Gasteiger partial charge < -0.3 is 14.8 Å². The van der Waals surface area contributed by atoms with Crippen LogP contribution >= 0.6 is 11.3 Å². The Bertz CT molecular complexity index is 934. The predicted molar refractivity (Wildman–Crippen MR) is 118 cm³/mol. The molecule has 2 fully saturated rings. The molecule has 0 radical (unpaired) electrons. The summed E-state index contributed by atoms with van der Waals surface area (Å²) >= 11 is 1.45. The largest absolute Gasteiger partial charge is 0.495 e. The van der Waals surface area contributed by atoms with Gasteiger partial charge in [0.1, 0.15) is 16.7 Å². The third-order valence-electron chi connectivity index (χ3n) is 5.57. The van der Waals surface area contributed by atoms with E-state index in [9.17, 15) is 9.00 Å². The molecule has 2 aliphatic rings. The van der Waals surface area contributed by atoms with Crippen molar-refractivity contribution in [3.05, 3.63) is 23.9 Å². The molecule has 4 rings (SSSR count). The minimum absolute atomic E-state index is 0.0663. The van der Waals surface area contributed by atoms with E-state index < -0.39 is 11.0 Å². The number of rotatable bonds is 6. The van der Waals surface area contributed by atoms with Crippen molar-refractivity contribution in [2.24, 2.45) is 5.92 Å². The Labute approximate surface area is 183 Å². The second-order valence-electron chi connectivity index (χ2n) is 7.56. The summed E-state index contributed by atoms with van der Waals surface area (Å²) in [5, 5.41) is 3.60.